The number of carbonyl (C=O) groups is 2. The SMILES string of the molecule is COc1ccc(CC(=O)Nc2ccc(NC(=O)C3CCCO3)cc2C(F)(F)F)cc1. The molecule has 2 N–H and O–H groups in total. The van der Waals surface area contributed by atoms with Crippen LogP contribution in [0.3, 0.4) is 0 Å². The topological polar surface area (TPSA) is 76.7 Å². The summed E-state index contributed by atoms with van der Waals surface area (Å²) in [5.41, 5.74) is -0.815. The third-order valence-electron chi connectivity index (χ3n) is 4.61. The van der Waals surface area contributed by atoms with Crippen molar-refractivity contribution >= 4 is 23.2 Å². The molecule has 0 saturated carbocycles. The van der Waals surface area contributed by atoms with E-state index in [9.17, 15) is 22.8 Å². The minimum atomic E-state index is -4.71. The summed E-state index contributed by atoms with van der Waals surface area (Å²) in [4.78, 5) is 24.3. The van der Waals surface area contributed by atoms with E-state index in [4.69, 9.17) is 9.47 Å². The monoisotopic (exact) mass is 422 g/mol. The zero-order chi connectivity index (χ0) is 21.7. The van der Waals surface area contributed by atoms with Gasteiger partial charge in [-0.15, -0.1) is 0 Å². The van der Waals surface area contributed by atoms with Crippen LogP contribution in [0.25, 0.3) is 0 Å². The molecule has 0 aromatic heterocycles. The number of ether oxygens (including phenoxy) is 2. The van der Waals surface area contributed by atoms with Gasteiger partial charge in [0.15, 0.2) is 0 Å². The van der Waals surface area contributed by atoms with Gasteiger partial charge in [0, 0.05) is 12.3 Å². The number of carbonyl (C=O) groups excluding carboxylic acids is 2. The number of methoxy groups -OCH3 is 1. The molecule has 2 aromatic carbocycles. The van der Waals surface area contributed by atoms with E-state index in [1.165, 1.54) is 13.2 Å². The quantitative estimate of drug-likeness (QED) is 0.738. The number of benzene rings is 2. The maximum absolute atomic E-state index is 13.5. The van der Waals surface area contributed by atoms with E-state index in [1.54, 1.807) is 24.3 Å². The lowest BCUT2D eigenvalue weighted by Crippen LogP contribution is -2.27. The highest BCUT2D eigenvalue weighted by atomic mass is 19.4. The molecule has 1 atom stereocenters. The molecule has 0 bridgehead atoms. The summed E-state index contributed by atoms with van der Waals surface area (Å²) in [6.45, 7) is 0.449. The number of alkyl halides is 3. The third-order valence-corrected chi connectivity index (χ3v) is 4.61. The van der Waals surface area contributed by atoms with Crippen molar-refractivity contribution in [1.29, 1.82) is 0 Å². The summed E-state index contributed by atoms with van der Waals surface area (Å²) in [7, 11) is 1.51. The fourth-order valence-electron chi connectivity index (χ4n) is 3.10. The average molecular weight is 422 g/mol. The highest BCUT2D eigenvalue weighted by molar-refractivity contribution is 5.96. The fraction of sp³-hybridized carbons (Fsp3) is 0.333. The molecule has 2 aromatic rings. The molecule has 1 unspecified atom stereocenters. The maximum Gasteiger partial charge on any atom is 0.418 e. The number of hydrogen-bond donors (Lipinski definition) is 2. The van der Waals surface area contributed by atoms with Crippen molar-refractivity contribution in [2.75, 3.05) is 24.4 Å². The standard InChI is InChI=1S/C21H21F3N2O4/c1-29-15-7-4-13(5-8-15)11-19(27)26-17-9-6-14(12-16(17)21(22,23)24)25-20(28)18-3-2-10-30-18/h4-9,12,18H,2-3,10-11H2,1H3,(H,25,28)(H,26,27). The van der Waals surface area contributed by atoms with Crippen LogP contribution in [0.4, 0.5) is 24.5 Å². The first kappa shape index (κ1) is 21.6. The van der Waals surface area contributed by atoms with Crippen molar-refractivity contribution < 1.29 is 32.2 Å². The molecule has 0 radical (unpaired) electrons. The van der Waals surface area contributed by atoms with Gasteiger partial charge in [0.25, 0.3) is 5.91 Å². The number of hydrogen-bond acceptors (Lipinski definition) is 4. The second-order valence-corrected chi connectivity index (χ2v) is 6.82. The number of halogens is 3. The van der Waals surface area contributed by atoms with Gasteiger partial charge < -0.3 is 20.1 Å². The first-order chi connectivity index (χ1) is 14.3. The Hall–Kier alpha value is -3.07. The van der Waals surface area contributed by atoms with Crippen molar-refractivity contribution in [2.24, 2.45) is 0 Å². The zero-order valence-electron chi connectivity index (χ0n) is 16.2. The fourth-order valence-corrected chi connectivity index (χ4v) is 3.10. The summed E-state index contributed by atoms with van der Waals surface area (Å²) < 4.78 is 50.8. The van der Waals surface area contributed by atoms with Crippen LogP contribution in [0.15, 0.2) is 42.5 Å². The van der Waals surface area contributed by atoms with Gasteiger partial charge in [-0.05, 0) is 48.7 Å². The Morgan fingerprint density at radius 1 is 1.13 bits per heavy atom. The van der Waals surface area contributed by atoms with Crippen molar-refractivity contribution in [3.63, 3.8) is 0 Å². The van der Waals surface area contributed by atoms with Crippen molar-refractivity contribution in [3.8, 4) is 5.75 Å². The summed E-state index contributed by atoms with van der Waals surface area (Å²) in [6.07, 6.45) is -4.22. The van der Waals surface area contributed by atoms with Crippen molar-refractivity contribution in [1.82, 2.24) is 0 Å². The Morgan fingerprint density at radius 2 is 1.87 bits per heavy atom. The molecule has 160 valence electrons. The molecule has 1 saturated heterocycles. The van der Waals surface area contributed by atoms with Crippen LogP contribution >= 0.6 is 0 Å². The zero-order valence-corrected chi connectivity index (χ0v) is 16.2. The molecule has 30 heavy (non-hydrogen) atoms. The lowest BCUT2D eigenvalue weighted by Gasteiger charge is -2.17. The predicted molar refractivity (Wildman–Crippen MR) is 104 cm³/mol. The molecular weight excluding hydrogens is 401 g/mol. The molecule has 1 fully saturated rings. The van der Waals surface area contributed by atoms with Gasteiger partial charge in [0.2, 0.25) is 5.91 Å². The number of nitrogens with one attached hydrogen (secondary N) is 2. The van der Waals surface area contributed by atoms with Gasteiger partial charge in [-0.1, -0.05) is 12.1 Å². The Labute approximate surface area is 171 Å². The van der Waals surface area contributed by atoms with Gasteiger partial charge in [-0.3, -0.25) is 9.59 Å². The summed E-state index contributed by atoms with van der Waals surface area (Å²) in [5, 5.41) is 4.74. The average Bonchev–Trinajstić information content (AvgIpc) is 3.24. The Kier molecular flexibility index (Phi) is 6.61. The Morgan fingerprint density at radius 3 is 2.47 bits per heavy atom. The summed E-state index contributed by atoms with van der Waals surface area (Å²) in [6, 6.07) is 9.88. The van der Waals surface area contributed by atoms with Crippen LogP contribution < -0.4 is 15.4 Å². The van der Waals surface area contributed by atoms with E-state index >= 15 is 0 Å². The Bertz CT molecular complexity index is 907. The normalized spacial score (nSPS) is 16.2. The molecule has 0 spiro atoms. The van der Waals surface area contributed by atoms with Crippen LogP contribution in [-0.4, -0.2) is 31.6 Å². The van der Waals surface area contributed by atoms with Crippen molar-refractivity contribution in [3.05, 3.63) is 53.6 Å². The van der Waals surface area contributed by atoms with Gasteiger partial charge in [0.05, 0.1) is 24.8 Å². The molecule has 9 heteroatoms. The van der Waals surface area contributed by atoms with E-state index in [0.29, 0.717) is 24.3 Å². The van der Waals surface area contributed by atoms with E-state index in [0.717, 1.165) is 18.6 Å². The van der Waals surface area contributed by atoms with Gasteiger partial charge in [0.1, 0.15) is 11.9 Å². The number of amides is 2. The molecule has 2 amide bonds. The van der Waals surface area contributed by atoms with E-state index in [1.807, 2.05) is 0 Å². The molecule has 3 rings (SSSR count). The van der Waals surface area contributed by atoms with E-state index in [-0.39, 0.29) is 17.8 Å². The van der Waals surface area contributed by atoms with Crippen LogP contribution in [0.1, 0.15) is 24.0 Å². The molecule has 1 aliphatic heterocycles. The summed E-state index contributed by atoms with van der Waals surface area (Å²) >= 11 is 0. The first-order valence-corrected chi connectivity index (χ1v) is 9.33. The number of rotatable bonds is 6. The predicted octanol–water partition coefficient (Wildman–Crippen LogP) is 4.01. The Balaban J connectivity index is 1.72. The largest absolute Gasteiger partial charge is 0.497 e. The second-order valence-electron chi connectivity index (χ2n) is 6.82. The summed E-state index contributed by atoms with van der Waals surface area (Å²) in [5.74, 6) is -0.474. The highest BCUT2D eigenvalue weighted by Gasteiger charge is 2.34. The molecule has 0 aliphatic carbocycles. The second kappa shape index (κ2) is 9.17. The smallest absolute Gasteiger partial charge is 0.418 e. The molecular formula is C21H21F3N2O4. The molecule has 1 aliphatic rings. The minimum Gasteiger partial charge on any atom is -0.497 e. The van der Waals surface area contributed by atoms with Crippen LogP contribution in [0.5, 0.6) is 5.75 Å². The van der Waals surface area contributed by atoms with E-state index in [2.05, 4.69) is 10.6 Å². The lowest BCUT2D eigenvalue weighted by atomic mass is 10.1. The number of anilines is 2. The lowest BCUT2D eigenvalue weighted by molar-refractivity contribution is -0.137. The first-order valence-electron chi connectivity index (χ1n) is 9.33. The van der Waals surface area contributed by atoms with Crippen molar-refractivity contribution in [2.45, 2.75) is 31.5 Å². The van der Waals surface area contributed by atoms with Crippen LogP contribution in [0.2, 0.25) is 0 Å². The van der Waals surface area contributed by atoms with Crippen LogP contribution in [0, 0.1) is 0 Å². The van der Waals surface area contributed by atoms with Gasteiger partial charge in [-0.25, -0.2) is 0 Å². The van der Waals surface area contributed by atoms with Gasteiger partial charge in [-0.2, -0.15) is 13.2 Å². The minimum absolute atomic E-state index is 0.0176. The maximum atomic E-state index is 13.5. The van der Waals surface area contributed by atoms with Gasteiger partial charge >= 0.3 is 6.18 Å². The molecule has 6 nitrogen and oxygen atoms in total. The highest BCUT2D eigenvalue weighted by Crippen LogP contribution is 2.37. The molecule has 1 heterocycles. The van der Waals surface area contributed by atoms with E-state index < -0.39 is 29.7 Å². The third kappa shape index (κ3) is 5.50. The van der Waals surface area contributed by atoms with Crippen LogP contribution in [-0.2, 0) is 26.9 Å².